The van der Waals surface area contributed by atoms with Crippen LogP contribution in [-0.4, -0.2) is 5.91 Å². The zero-order chi connectivity index (χ0) is 19.1. The van der Waals surface area contributed by atoms with Gasteiger partial charge in [0.15, 0.2) is 0 Å². The largest absolute Gasteiger partial charge is 0.381 e. The van der Waals surface area contributed by atoms with E-state index in [2.05, 4.69) is 10.6 Å². The Hall–Kier alpha value is -2.85. The molecular weight excluding hydrogens is 363 g/mol. The summed E-state index contributed by atoms with van der Waals surface area (Å²) in [5.74, 6) is -0.453. The Balaban J connectivity index is 1.48. The van der Waals surface area contributed by atoms with E-state index in [0.29, 0.717) is 17.1 Å². The van der Waals surface area contributed by atoms with Crippen LogP contribution in [0.3, 0.4) is 0 Å². The normalized spacial score (nSPS) is 10.4. The molecule has 0 aliphatic carbocycles. The summed E-state index contributed by atoms with van der Waals surface area (Å²) in [6, 6.07) is 21.8. The SMILES string of the molecule is O=C(Cc1ccc(NCc2cccc(Cl)c2)cc1)NCc1ccccc1F. The highest BCUT2D eigenvalue weighted by Crippen LogP contribution is 2.14. The van der Waals surface area contributed by atoms with Gasteiger partial charge in [-0.15, -0.1) is 0 Å². The van der Waals surface area contributed by atoms with Crippen LogP contribution in [0.15, 0.2) is 72.8 Å². The zero-order valence-electron chi connectivity index (χ0n) is 14.7. The molecule has 3 rings (SSSR count). The first-order chi connectivity index (χ1) is 13.1. The molecule has 0 aromatic heterocycles. The third-order valence-electron chi connectivity index (χ3n) is 4.14. The van der Waals surface area contributed by atoms with Crippen molar-refractivity contribution in [2.24, 2.45) is 0 Å². The topological polar surface area (TPSA) is 41.1 Å². The van der Waals surface area contributed by atoms with Crippen molar-refractivity contribution in [3.8, 4) is 0 Å². The van der Waals surface area contributed by atoms with Crippen LogP contribution < -0.4 is 10.6 Å². The number of nitrogens with one attached hydrogen (secondary N) is 2. The minimum Gasteiger partial charge on any atom is -0.381 e. The van der Waals surface area contributed by atoms with Crippen LogP contribution in [0.5, 0.6) is 0 Å². The van der Waals surface area contributed by atoms with Gasteiger partial charge in [0.2, 0.25) is 5.91 Å². The minimum atomic E-state index is -0.312. The predicted octanol–water partition coefficient (Wildman–Crippen LogP) is 4.95. The number of benzene rings is 3. The molecule has 0 fully saturated rings. The van der Waals surface area contributed by atoms with Crippen molar-refractivity contribution in [2.45, 2.75) is 19.5 Å². The second kappa shape index (κ2) is 9.19. The molecule has 0 aliphatic rings. The first kappa shape index (κ1) is 18.9. The smallest absolute Gasteiger partial charge is 0.224 e. The lowest BCUT2D eigenvalue weighted by Gasteiger charge is -2.09. The Bertz CT molecular complexity index is 912. The zero-order valence-corrected chi connectivity index (χ0v) is 15.5. The highest BCUT2D eigenvalue weighted by Gasteiger charge is 2.06. The number of carbonyl (C=O) groups is 1. The van der Waals surface area contributed by atoms with E-state index in [9.17, 15) is 9.18 Å². The number of hydrogen-bond acceptors (Lipinski definition) is 2. The lowest BCUT2D eigenvalue weighted by atomic mass is 10.1. The van der Waals surface area contributed by atoms with Gasteiger partial charge in [-0.05, 0) is 41.5 Å². The van der Waals surface area contributed by atoms with Crippen LogP contribution in [0.2, 0.25) is 5.02 Å². The monoisotopic (exact) mass is 382 g/mol. The van der Waals surface area contributed by atoms with Gasteiger partial charge in [-0.2, -0.15) is 0 Å². The summed E-state index contributed by atoms with van der Waals surface area (Å²) in [6.07, 6.45) is 0.253. The fraction of sp³-hybridized carbons (Fsp3) is 0.136. The molecule has 0 aliphatic heterocycles. The van der Waals surface area contributed by atoms with Crippen LogP contribution in [-0.2, 0) is 24.3 Å². The quantitative estimate of drug-likeness (QED) is 0.607. The second-order valence-corrected chi connectivity index (χ2v) is 6.66. The van der Waals surface area contributed by atoms with Gasteiger partial charge in [-0.1, -0.05) is 54.1 Å². The molecule has 1 amide bonds. The van der Waals surface area contributed by atoms with Crippen molar-refractivity contribution in [1.82, 2.24) is 5.32 Å². The molecule has 138 valence electrons. The van der Waals surface area contributed by atoms with Crippen LogP contribution in [0, 0.1) is 5.82 Å². The van der Waals surface area contributed by atoms with Gasteiger partial charge in [-0.25, -0.2) is 4.39 Å². The average Bonchev–Trinajstić information content (AvgIpc) is 2.67. The molecule has 2 N–H and O–H groups in total. The molecule has 27 heavy (non-hydrogen) atoms. The highest BCUT2D eigenvalue weighted by molar-refractivity contribution is 6.30. The molecule has 0 unspecified atom stereocenters. The third kappa shape index (κ3) is 5.83. The minimum absolute atomic E-state index is 0.141. The molecule has 0 saturated carbocycles. The fourth-order valence-electron chi connectivity index (χ4n) is 2.67. The number of anilines is 1. The van der Waals surface area contributed by atoms with Gasteiger partial charge >= 0.3 is 0 Å². The van der Waals surface area contributed by atoms with Crippen molar-refractivity contribution >= 4 is 23.2 Å². The lowest BCUT2D eigenvalue weighted by Crippen LogP contribution is -2.25. The molecular formula is C22H20ClFN2O. The van der Waals surface area contributed by atoms with Crippen LogP contribution in [0.4, 0.5) is 10.1 Å². The van der Waals surface area contributed by atoms with Gasteiger partial charge in [0.1, 0.15) is 5.82 Å². The Morgan fingerprint density at radius 3 is 2.41 bits per heavy atom. The second-order valence-electron chi connectivity index (χ2n) is 6.23. The average molecular weight is 383 g/mol. The number of amides is 1. The summed E-state index contributed by atoms with van der Waals surface area (Å²) in [5, 5.41) is 6.78. The lowest BCUT2D eigenvalue weighted by molar-refractivity contribution is -0.120. The molecule has 0 atom stereocenters. The van der Waals surface area contributed by atoms with E-state index < -0.39 is 0 Å². The van der Waals surface area contributed by atoms with Crippen molar-refractivity contribution in [3.05, 3.63) is 100 Å². The molecule has 3 aromatic rings. The first-order valence-electron chi connectivity index (χ1n) is 8.67. The third-order valence-corrected chi connectivity index (χ3v) is 4.37. The van der Waals surface area contributed by atoms with E-state index in [1.165, 1.54) is 6.07 Å². The van der Waals surface area contributed by atoms with Gasteiger partial charge in [0, 0.05) is 29.4 Å². The summed E-state index contributed by atoms with van der Waals surface area (Å²) in [5.41, 5.74) is 3.44. The van der Waals surface area contributed by atoms with Crippen LogP contribution in [0.1, 0.15) is 16.7 Å². The highest BCUT2D eigenvalue weighted by atomic mass is 35.5. The molecule has 0 spiro atoms. The Morgan fingerprint density at radius 1 is 0.889 bits per heavy atom. The van der Waals surface area contributed by atoms with E-state index in [1.54, 1.807) is 18.2 Å². The van der Waals surface area contributed by atoms with E-state index in [1.807, 2.05) is 48.5 Å². The Morgan fingerprint density at radius 2 is 1.67 bits per heavy atom. The number of hydrogen-bond donors (Lipinski definition) is 2. The van der Waals surface area contributed by atoms with Crippen molar-refractivity contribution < 1.29 is 9.18 Å². The van der Waals surface area contributed by atoms with E-state index in [4.69, 9.17) is 11.6 Å². The number of rotatable bonds is 7. The Kier molecular flexibility index (Phi) is 6.44. The Labute approximate surface area is 163 Å². The molecule has 0 radical (unpaired) electrons. The summed E-state index contributed by atoms with van der Waals surface area (Å²) in [4.78, 5) is 12.1. The van der Waals surface area contributed by atoms with E-state index in [-0.39, 0.29) is 24.7 Å². The van der Waals surface area contributed by atoms with Crippen molar-refractivity contribution in [3.63, 3.8) is 0 Å². The molecule has 3 nitrogen and oxygen atoms in total. The van der Waals surface area contributed by atoms with Gasteiger partial charge < -0.3 is 10.6 Å². The summed E-state index contributed by atoms with van der Waals surface area (Å²) in [6.45, 7) is 0.855. The molecule has 3 aromatic carbocycles. The fourth-order valence-corrected chi connectivity index (χ4v) is 2.89. The predicted molar refractivity (Wildman–Crippen MR) is 107 cm³/mol. The first-order valence-corrected chi connectivity index (χ1v) is 9.05. The van der Waals surface area contributed by atoms with Crippen LogP contribution >= 0.6 is 11.6 Å². The van der Waals surface area contributed by atoms with E-state index >= 15 is 0 Å². The maximum Gasteiger partial charge on any atom is 0.224 e. The molecule has 0 bridgehead atoms. The standard InChI is InChI=1S/C22H20ClFN2O/c23-19-6-3-4-17(12-19)14-25-20-10-8-16(9-11-20)13-22(27)26-15-18-5-1-2-7-21(18)24/h1-12,25H,13-15H2,(H,26,27). The maximum atomic E-state index is 13.6. The summed E-state index contributed by atoms with van der Waals surface area (Å²) >= 11 is 5.98. The van der Waals surface area contributed by atoms with Gasteiger partial charge in [-0.3, -0.25) is 4.79 Å². The van der Waals surface area contributed by atoms with Crippen molar-refractivity contribution in [1.29, 1.82) is 0 Å². The number of carbonyl (C=O) groups excluding carboxylic acids is 1. The molecule has 0 saturated heterocycles. The summed E-state index contributed by atoms with van der Waals surface area (Å²) < 4.78 is 13.6. The van der Waals surface area contributed by atoms with Gasteiger partial charge in [0.05, 0.1) is 6.42 Å². The summed E-state index contributed by atoms with van der Waals surface area (Å²) in [7, 11) is 0. The molecule has 5 heteroatoms. The number of halogens is 2. The maximum absolute atomic E-state index is 13.6. The van der Waals surface area contributed by atoms with Crippen LogP contribution in [0.25, 0.3) is 0 Å². The molecule has 0 heterocycles. The van der Waals surface area contributed by atoms with Crippen molar-refractivity contribution in [2.75, 3.05) is 5.32 Å². The van der Waals surface area contributed by atoms with Gasteiger partial charge in [0.25, 0.3) is 0 Å². The van der Waals surface area contributed by atoms with E-state index in [0.717, 1.165) is 16.8 Å².